The quantitative estimate of drug-likeness (QED) is 0.411. The molecule has 1 aromatic rings. The van der Waals surface area contributed by atoms with Crippen LogP contribution in [-0.2, 0) is 11.2 Å². The van der Waals surface area contributed by atoms with Crippen molar-refractivity contribution in [3.8, 4) is 5.75 Å². The van der Waals surface area contributed by atoms with Crippen LogP contribution < -0.4 is 5.32 Å². The number of aryl methyl sites for hydroxylation is 1. The standard InChI is InChI=1S/C9H8N2O4/c12-7-4-6(11(14)15)3-5-1-2-8(13)10-9(5)7/h3-4,12H,1-2H2,(H,10,13). The van der Waals surface area contributed by atoms with E-state index in [1.165, 1.54) is 6.07 Å². The molecule has 0 fully saturated rings. The van der Waals surface area contributed by atoms with Crippen LogP contribution in [-0.4, -0.2) is 15.9 Å². The number of benzene rings is 1. The smallest absolute Gasteiger partial charge is 0.273 e. The summed E-state index contributed by atoms with van der Waals surface area (Å²) in [5.41, 5.74) is 0.723. The maximum atomic E-state index is 11.0. The predicted octanol–water partition coefficient (Wildman–Crippen LogP) is 1.19. The number of nitrogens with zero attached hydrogens (tertiary/aromatic N) is 1. The van der Waals surface area contributed by atoms with Gasteiger partial charge in [0.2, 0.25) is 5.91 Å². The van der Waals surface area contributed by atoms with E-state index in [1.807, 2.05) is 0 Å². The fraction of sp³-hybridized carbons (Fsp3) is 0.222. The van der Waals surface area contributed by atoms with Crippen LogP contribution in [0.25, 0.3) is 0 Å². The highest BCUT2D eigenvalue weighted by Gasteiger charge is 2.21. The molecule has 1 aromatic carbocycles. The third kappa shape index (κ3) is 1.61. The zero-order valence-corrected chi connectivity index (χ0v) is 7.69. The monoisotopic (exact) mass is 208 g/mol. The van der Waals surface area contributed by atoms with Crippen molar-refractivity contribution < 1.29 is 14.8 Å². The molecule has 0 saturated carbocycles. The molecule has 0 spiro atoms. The van der Waals surface area contributed by atoms with Crippen molar-refractivity contribution in [2.24, 2.45) is 0 Å². The summed E-state index contributed by atoms with van der Waals surface area (Å²) >= 11 is 0. The van der Waals surface area contributed by atoms with Crippen LogP contribution in [0.4, 0.5) is 11.4 Å². The van der Waals surface area contributed by atoms with Crippen molar-refractivity contribution in [1.82, 2.24) is 0 Å². The Kier molecular flexibility index (Phi) is 2.03. The molecule has 0 unspecified atom stereocenters. The zero-order chi connectivity index (χ0) is 11.0. The van der Waals surface area contributed by atoms with Gasteiger partial charge in [0.15, 0.2) is 0 Å². The SMILES string of the molecule is O=C1CCc2cc([N+](=O)[O-])cc(O)c2N1. The molecule has 0 aliphatic carbocycles. The van der Waals surface area contributed by atoms with E-state index >= 15 is 0 Å². The number of fused-ring (bicyclic) bond motifs is 1. The van der Waals surface area contributed by atoms with Gasteiger partial charge in [-0.2, -0.15) is 0 Å². The number of nitro benzene ring substituents is 1. The average Bonchev–Trinajstić information content (AvgIpc) is 2.18. The summed E-state index contributed by atoms with van der Waals surface area (Å²) in [6.45, 7) is 0. The van der Waals surface area contributed by atoms with E-state index in [0.29, 0.717) is 12.0 Å². The number of carbonyl (C=O) groups excluding carboxylic acids is 1. The first-order chi connectivity index (χ1) is 7.08. The van der Waals surface area contributed by atoms with Crippen LogP contribution in [0.2, 0.25) is 0 Å². The van der Waals surface area contributed by atoms with Gasteiger partial charge in [-0.25, -0.2) is 0 Å². The molecule has 78 valence electrons. The number of hydrogen-bond acceptors (Lipinski definition) is 4. The highest BCUT2D eigenvalue weighted by molar-refractivity contribution is 5.95. The summed E-state index contributed by atoms with van der Waals surface area (Å²) in [5.74, 6) is -0.445. The molecule has 0 bridgehead atoms. The number of hydrogen-bond donors (Lipinski definition) is 2. The number of nitrogens with one attached hydrogen (secondary N) is 1. The molecule has 0 atom stereocenters. The first-order valence-corrected chi connectivity index (χ1v) is 4.38. The molecule has 1 aliphatic rings. The number of nitro groups is 1. The molecule has 0 saturated heterocycles. The average molecular weight is 208 g/mol. The molecule has 2 rings (SSSR count). The topological polar surface area (TPSA) is 92.5 Å². The van der Waals surface area contributed by atoms with E-state index in [9.17, 15) is 20.0 Å². The van der Waals surface area contributed by atoms with Gasteiger partial charge in [0.25, 0.3) is 5.69 Å². The fourth-order valence-corrected chi connectivity index (χ4v) is 1.57. The Bertz CT molecular complexity index is 456. The lowest BCUT2D eigenvalue weighted by atomic mass is 10.0. The number of anilines is 1. The van der Waals surface area contributed by atoms with Gasteiger partial charge in [-0.05, 0) is 12.0 Å². The number of non-ortho nitro benzene ring substituents is 1. The molecule has 15 heavy (non-hydrogen) atoms. The van der Waals surface area contributed by atoms with Crippen molar-refractivity contribution in [2.45, 2.75) is 12.8 Å². The lowest BCUT2D eigenvalue weighted by Crippen LogP contribution is -2.19. The molecular weight excluding hydrogens is 200 g/mol. The Labute approximate surface area is 84.7 Å². The van der Waals surface area contributed by atoms with Gasteiger partial charge in [0.05, 0.1) is 16.7 Å². The van der Waals surface area contributed by atoms with Crippen LogP contribution in [0.15, 0.2) is 12.1 Å². The summed E-state index contributed by atoms with van der Waals surface area (Å²) in [5, 5.41) is 22.5. The Hall–Kier alpha value is -2.11. The number of carbonyl (C=O) groups is 1. The van der Waals surface area contributed by atoms with E-state index in [2.05, 4.69) is 5.32 Å². The summed E-state index contributed by atoms with van der Waals surface area (Å²) < 4.78 is 0. The molecule has 0 radical (unpaired) electrons. The van der Waals surface area contributed by atoms with Gasteiger partial charge in [-0.3, -0.25) is 14.9 Å². The fourth-order valence-electron chi connectivity index (χ4n) is 1.57. The molecule has 1 heterocycles. The van der Waals surface area contributed by atoms with Gasteiger partial charge in [0.1, 0.15) is 5.75 Å². The molecular formula is C9H8N2O4. The second-order valence-corrected chi connectivity index (χ2v) is 3.30. The minimum Gasteiger partial charge on any atom is -0.505 e. The van der Waals surface area contributed by atoms with Crippen LogP contribution in [0.3, 0.4) is 0 Å². The second-order valence-electron chi connectivity index (χ2n) is 3.30. The molecule has 6 nitrogen and oxygen atoms in total. The number of rotatable bonds is 1. The number of phenolic OH excluding ortho intramolecular Hbond substituents is 1. The van der Waals surface area contributed by atoms with Gasteiger partial charge >= 0.3 is 0 Å². The summed E-state index contributed by atoms with van der Waals surface area (Å²) in [4.78, 5) is 21.0. The normalized spacial score (nSPS) is 14.3. The Morgan fingerprint density at radius 1 is 1.40 bits per heavy atom. The lowest BCUT2D eigenvalue weighted by molar-refractivity contribution is -0.385. The van der Waals surface area contributed by atoms with E-state index < -0.39 is 4.92 Å². The Morgan fingerprint density at radius 3 is 2.80 bits per heavy atom. The molecule has 0 aromatic heterocycles. The van der Waals surface area contributed by atoms with Crippen LogP contribution >= 0.6 is 0 Å². The predicted molar refractivity (Wildman–Crippen MR) is 51.7 cm³/mol. The van der Waals surface area contributed by atoms with E-state index in [0.717, 1.165) is 6.07 Å². The van der Waals surface area contributed by atoms with Crippen LogP contribution in [0.5, 0.6) is 5.75 Å². The Balaban J connectivity index is 2.52. The molecule has 6 heteroatoms. The van der Waals surface area contributed by atoms with Crippen molar-refractivity contribution in [2.75, 3.05) is 5.32 Å². The van der Waals surface area contributed by atoms with E-state index in [-0.39, 0.29) is 29.5 Å². The molecule has 1 aliphatic heterocycles. The first-order valence-electron chi connectivity index (χ1n) is 4.38. The molecule has 2 N–H and O–H groups in total. The van der Waals surface area contributed by atoms with E-state index in [1.54, 1.807) is 0 Å². The maximum Gasteiger partial charge on any atom is 0.273 e. The maximum absolute atomic E-state index is 11.0. The van der Waals surface area contributed by atoms with Gasteiger partial charge < -0.3 is 10.4 Å². The summed E-state index contributed by atoms with van der Waals surface area (Å²) in [6.07, 6.45) is 0.698. The third-order valence-corrected chi connectivity index (χ3v) is 2.28. The highest BCUT2D eigenvalue weighted by atomic mass is 16.6. The van der Waals surface area contributed by atoms with Gasteiger partial charge in [-0.15, -0.1) is 0 Å². The lowest BCUT2D eigenvalue weighted by Gasteiger charge is -2.17. The number of phenols is 1. The highest BCUT2D eigenvalue weighted by Crippen LogP contribution is 2.35. The number of amides is 1. The van der Waals surface area contributed by atoms with Crippen molar-refractivity contribution in [1.29, 1.82) is 0 Å². The van der Waals surface area contributed by atoms with E-state index in [4.69, 9.17) is 0 Å². The number of aromatic hydroxyl groups is 1. The summed E-state index contributed by atoms with van der Waals surface area (Å²) in [7, 11) is 0. The van der Waals surface area contributed by atoms with Crippen LogP contribution in [0.1, 0.15) is 12.0 Å². The summed E-state index contributed by atoms with van der Waals surface area (Å²) in [6, 6.07) is 2.40. The minimum absolute atomic E-state index is 0.164. The van der Waals surface area contributed by atoms with Crippen LogP contribution in [0, 0.1) is 10.1 Å². The molecule has 1 amide bonds. The van der Waals surface area contributed by atoms with Crippen molar-refractivity contribution in [3.63, 3.8) is 0 Å². The minimum atomic E-state index is -0.573. The second kappa shape index (κ2) is 3.23. The van der Waals surface area contributed by atoms with Crippen molar-refractivity contribution >= 4 is 17.3 Å². The van der Waals surface area contributed by atoms with Gasteiger partial charge in [0, 0.05) is 12.5 Å². The largest absolute Gasteiger partial charge is 0.505 e. The first kappa shape index (κ1) is 9.45. The Morgan fingerprint density at radius 2 is 2.13 bits per heavy atom. The van der Waals surface area contributed by atoms with Crippen molar-refractivity contribution in [3.05, 3.63) is 27.8 Å². The zero-order valence-electron chi connectivity index (χ0n) is 7.69. The third-order valence-electron chi connectivity index (χ3n) is 2.28. The van der Waals surface area contributed by atoms with Gasteiger partial charge in [-0.1, -0.05) is 0 Å².